The van der Waals surface area contributed by atoms with Crippen LogP contribution in [0.2, 0.25) is 0 Å². The molecule has 0 spiro atoms. The van der Waals surface area contributed by atoms with Gasteiger partial charge in [-0.25, -0.2) is 4.57 Å². The summed E-state index contributed by atoms with van der Waals surface area (Å²) in [6.07, 6.45) is 39.3. The lowest BCUT2D eigenvalue weighted by atomic mass is 10.0. The molecular formula is C40H77O8P. The van der Waals surface area contributed by atoms with E-state index in [1.165, 1.54) is 128 Å². The fraction of sp³-hybridized carbons (Fsp3) is 0.900. The molecule has 0 aromatic carbocycles. The molecule has 49 heavy (non-hydrogen) atoms. The number of rotatable bonds is 38. The summed E-state index contributed by atoms with van der Waals surface area (Å²) in [5.74, 6) is -0.884. The number of esters is 2. The Hall–Kier alpha value is -1.21. The standard InChI is InChI=1S/C40H77O8P/c1-3-5-7-9-11-13-15-17-18-19-20-21-23-24-26-28-30-32-34-39(41)46-36-38(37-47-49(43,44)45)48-40(42)35-33-31-29-27-25-22-16-14-12-10-8-6-4-2/h14,16,38H,3-13,15,17-37H2,1-2H3,(H2,43,44,45)/b16-14-/t38-/m1/s1. The summed E-state index contributed by atoms with van der Waals surface area (Å²) in [4.78, 5) is 42.8. The van der Waals surface area contributed by atoms with Crippen LogP contribution in [0.1, 0.15) is 213 Å². The van der Waals surface area contributed by atoms with E-state index < -0.39 is 32.5 Å². The van der Waals surface area contributed by atoms with Gasteiger partial charge in [-0.3, -0.25) is 14.1 Å². The normalized spacial score (nSPS) is 12.5. The molecule has 0 radical (unpaired) electrons. The average Bonchev–Trinajstić information content (AvgIpc) is 3.07. The van der Waals surface area contributed by atoms with E-state index in [4.69, 9.17) is 19.3 Å². The van der Waals surface area contributed by atoms with Crippen molar-refractivity contribution in [2.75, 3.05) is 13.2 Å². The van der Waals surface area contributed by atoms with Crippen LogP contribution in [0.15, 0.2) is 12.2 Å². The van der Waals surface area contributed by atoms with Crippen LogP contribution < -0.4 is 0 Å². The molecule has 0 aromatic rings. The highest BCUT2D eigenvalue weighted by Gasteiger charge is 2.22. The fourth-order valence-electron chi connectivity index (χ4n) is 5.96. The van der Waals surface area contributed by atoms with Crippen molar-refractivity contribution in [2.24, 2.45) is 0 Å². The van der Waals surface area contributed by atoms with Crippen LogP contribution in [0, 0.1) is 0 Å². The third-order valence-corrected chi connectivity index (χ3v) is 9.52. The minimum atomic E-state index is -4.75. The maximum Gasteiger partial charge on any atom is 0.469 e. The molecule has 1 atom stereocenters. The van der Waals surface area contributed by atoms with Crippen LogP contribution in [0.5, 0.6) is 0 Å². The van der Waals surface area contributed by atoms with E-state index >= 15 is 0 Å². The van der Waals surface area contributed by atoms with Gasteiger partial charge in [-0.15, -0.1) is 0 Å². The first-order chi connectivity index (χ1) is 23.8. The molecule has 0 amide bonds. The molecule has 0 aromatic heterocycles. The summed E-state index contributed by atoms with van der Waals surface area (Å²) >= 11 is 0. The van der Waals surface area contributed by atoms with Crippen molar-refractivity contribution in [3.63, 3.8) is 0 Å². The van der Waals surface area contributed by atoms with Crippen LogP contribution >= 0.6 is 7.82 Å². The van der Waals surface area contributed by atoms with Gasteiger partial charge in [0.1, 0.15) is 6.61 Å². The summed E-state index contributed by atoms with van der Waals surface area (Å²) in [6, 6.07) is 0. The SMILES string of the molecule is CCCCCC/C=C\CCCCCCCC(=O)O[C@H](COC(=O)CCCCCCCCCCCCCCCCCCCC)COP(=O)(O)O. The monoisotopic (exact) mass is 717 g/mol. The molecule has 8 nitrogen and oxygen atoms in total. The number of unbranched alkanes of at least 4 members (excludes halogenated alkanes) is 26. The Balaban J connectivity index is 3.88. The van der Waals surface area contributed by atoms with E-state index in [0.717, 1.165) is 51.4 Å². The minimum absolute atomic E-state index is 0.206. The lowest BCUT2D eigenvalue weighted by molar-refractivity contribution is -0.161. The summed E-state index contributed by atoms with van der Waals surface area (Å²) < 4.78 is 26.3. The van der Waals surface area contributed by atoms with Gasteiger partial charge < -0.3 is 19.3 Å². The number of allylic oxidation sites excluding steroid dienone is 2. The predicted octanol–water partition coefficient (Wildman–Crippen LogP) is 12.2. The van der Waals surface area contributed by atoms with Gasteiger partial charge in [-0.05, 0) is 38.5 Å². The average molecular weight is 717 g/mol. The quantitative estimate of drug-likeness (QED) is 0.0280. The highest BCUT2D eigenvalue weighted by atomic mass is 31.2. The molecule has 0 rings (SSSR count). The van der Waals surface area contributed by atoms with Crippen molar-refractivity contribution in [3.8, 4) is 0 Å². The molecule has 0 aliphatic carbocycles. The highest BCUT2D eigenvalue weighted by molar-refractivity contribution is 7.46. The maximum absolute atomic E-state index is 12.4. The van der Waals surface area contributed by atoms with Crippen molar-refractivity contribution in [1.29, 1.82) is 0 Å². The Labute approximate surface area is 301 Å². The number of hydrogen-bond acceptors (Lipinski definition) is 6. The van der Waals surface area contributed by atoms with Crippen molar-refractivity contribution < 1.29 is 37.9 Å². The van der Waals surface area contributed by atoms with Gasteiger partial charge in [0.25, 0.3) is 0 Å². The largest absolute Gasteiger partial charge is 0.469 e. The molecule has 0 aliphatic heterocycles. The maximum atomic E-state index is 12.4. The Morgan fingerprint density at radius 2 is 0.857 bits per heavy atom. The molecule has 0 unspecified atom stereocenters. The van der Waals surface area contributed by atoms with E-state index in [1.807, 2.05) is 0 Å². The van der Waals surface area contributed by atoms with E-state index in [-0.39, 0.29) is 19.4 Å². The number of hydrogen-bond donors (Lipinski definition) is 2. The molecule has 0 saturated carbocycles. The lowest BCUT2D eigenvalue weighted by Gasteiger charge is -2.18. The van der Waals surface area contributed by atoms with Crippen LogP contribution in [0.3, 0.4) is 0 Å². The predicted molar refractivity (Wildman–Crippen MR) is 202 cm³/mol. The number of carbonyl (C=O) groups excluding carboxylic acids is 2. The van der Waals surface area contributed by atoms with Crippen molar-refractivity contribution in [2.45, 2.75) is 219 Å². The van der Waals surface area contributed by atoms with Gasteiger partial charge in [-0.2, -0.15) is 0 Å². The van der Waals surface area contributed by atoms with E-state index in [9.17, 15) is 14.2 Å². The summed E-state index contributed by atoms with van der Waals surface area (Å²) in [7, 11) is -4.75. The van der Waals surface area contributed by atoms with Crippen molar-refractivity contribution in [3.05, 3.63) is 12.2 Å². The topological polar surface area (TPSA) is 119 Å². The zero-order valence-electron chi connectivity index (χ0n) is 31.9. The third-order valence-electron chi connectivity index (χ3n) is 9.03. The van der Waals surface area contributed by atoms with Gasteiger partial charge in [0, 0.05) is 12.8 Å². The van der Waals surface area contributed by atoms with E-state index in [0.29, 0.717) is 6.42 Å². The molecule has 0 heterocycles. The number of carbonyl (C=O) groups is 2. The van der Waals surface area contributed by atoms with Gasteiger partial charge in [0.2, 0.25) is 0 Å². The Kier molecular flexibility index (Phi) is 35.7. The molecule has 290 valence electrons. The smallest absolute Gasteiger partial charge is 0.462 e. The number of phosphoric ester groups is 1. The second-order valence-corrected chi connectivity index (χ2v) is 15.2. The zero-order chi connectivity index (χ0) is 36.1. The van der Waals surface area contributed by atoms with Crippen LogP contribution in [0.25, 0.3) is 0 Å². The minimum Gasteiger partial charge on any atom is -0.462 e. The van der Waals surface area contributed by atoms with Crippen LogP contribution in [0.4, 0.5) is 0 Å². The Bertz CT molecular complexity index is 812. The van der Waals surface area contributed by atoms with Crippen LogP contribution in [-0.4, -0.2) is 41.0 Å². The first kappa shape index (κ1) is 47.8. The Morgan fingerprint density at radius 3 is 1.27 bits per heavy atom. The van der Waals surface area contributed by atoms with Crippen molar-refractivity contribution >= 4 is 19.8 Å². The molecular weight excluding hydrogens is 639 g/mol. The number of phosphoric acid groups is 1. The Morgan fingerprint density at radius 1 is 0.510 bits per heavy atom. The van der Waals surface area contributed by atoms with Crippen molar-refractivity contribution in [1.82, 2.24) is 0 Å². The van der Waals surface area contributed by atoms with E-state index in [1.54, 1.807) is 0 Å². The van der Waals surface area contributed by atoms with Gasteiger partial charge in [-0.1, -0.05) is 174 Å². The summed E-state index contributed by atoms with van der Waals surface area (Å²) in [5.41, 5.74) is 0. The molecule has 0 bridgehead atoms. The van der Waals surface area contributed by atoms with E-state index in [2.05, 4.69) is 30.5 Å². The fourth-order valence-corrected chi connectivity index (χ4v) is 6.32. The summed E-state index contributed by atoms with van der Waals surface area (Å²) in [5, 5.41) is 0. The first-order valence-electron chi connectivity index (χ1n) is 20.5. The third kappa shape index (κ3) is 39.4. The van der Waals surface area contributed by atoms with Gasteiger partial charge in [0.05, 0.1) is 6.61 Å². The van der Waals surface area contributed by atoms with Crippen LogP contribution in [-0.2, 0) is 28.2 Å². The van der Waals surface area contributed by atoms with Gasteiger partial charge >= 0.3 is 19.8 Å². The second-order valence-electron chi connectivity index (χ2n) is 14.0. The highest BCUT2D eigenvalue weighted by Crippen LogP contribution is 2.36. The number of ether oxygens (including phenoxy) is 2. The molecule has 0 saturated heterocycles. The molecule has 0 fully saturated rings. The summed E-state index contributed by atoms with van der Waals surface area (Å²) in [6.45, 7) is 3.68. The van der Waals surface area contributed by atoms with Gasteiger partial charge in [0.15, 0.2) is 6.10 Å². The first-order valence-corrected chi connectivity index (χ1v) is 22.0. The zero-order valence-corrected chi connectivity index (χ0v) is 32.8. The molecule has 0 aliphatic rings. The molecule has 2 N–H and O–H groups in total. The molecule has 9 heteroatoms. The second kappa shape index (κ2) is 36.6. The lowest BCUT2D eigenvalue weighted by Crippen LogP contribution is -2.29.